The molecule has 1 aromatic rings. The van der Waals surface area contributed by atoms with Crippen molar-refractivity contribution < 1.29 is 9.53 Å². The molecule has 0 aliphatic heterocycles. The molecule has 1 aromatic carbocycles. The molecule has 0 aliphatic rings. The van der Waals surface area contributed by atoms with Crippen molar-refractivity contribution in [3.63, 3.8) is 0 Å². The van der Waals surface area contributed by atoms with E-state index in [2.05, 4.69) is 11.4 Å². The lowest BCUT2D eigenvalue weighted by molar-refractivity contribution is -0.117. The van der Waals surface area contributed by atoms with Gasteiger partial charge in [-0.2, -0.15) is 0 Å². The van der Waals surface area contributed by atoms with Gasteiger partial charge in [-0.25, -0.2) is 0 Å². The fraction of sp³-hybridized carbons (Fsp3) is 0.417. The summed E-state index contributed by atoms with van der Waals surface area (Å²) in [6, 6.07) is 6.06. The lowest BCUT2D eigenvalue weighted by atomic mass is 10.1. The highest BCUT2D eigenvalue weighted by Crippen LogP contribution is 2.19. The van der Waals surface area contributed by atoms with Gasteiger partial charge in [0, 0.05) is 0 Å². The molecule has 4 nitrogen and oxygen atoms in total. The van der Waals surface area contributed by atoms with Crippen molar-refractivity contribution in [3.05, 3.63) is 29.3 Å². The van der Waals surface area contributed by atoms with Crippen LogP contribution in [0.25, 0.3) is 0 Å². The maximum absolute atomic E-state index is 10.5. The molecule has 0 fully saturated rings. The van der Waals surface area contributed by atoms with Crippen LogP contribution in [0.3, 0.4) is 0 Å². The normalized spacial score (nSPS) is 10.1. The molecule has 0 aliphatic carbocycles. The molecule has 0 heterocycles. The molecule has 0 radical (unpaired) electrons. The number of hydrogen-bond acceptors (Lipinski definition) is 3. The zero-order valence-corrected chi connectivity index (χ0v) is 9.75. The largest absolute Gasteiger partial charge is 0.496 e. The number of amides is 1. The standard InChI is InChI=1S/C12H18N2O2/c1-9-3-4-11(16-2)10(7-9)5-6-14-8-12(13)15/h3-4,7,14H,5-6,8H2,1-2H3,(H2,13,15). The SMILES string of the molecule is COc1ccc(C)cc1CCNCC(N)=O. The number of carbonyl (C=O) groups is 1. The Kier molecular flexibility index (Phi) is 4.79. The summed E-state index contributed by atoms with van der Waals surface area (Å²) in [5, 5.41) is 2.97. The third-order valence-corrected chi connectivity index (χ3v) is 2.31. The van der Waals surface area contributed by atoms with E-state index in [0.717, 1.165) is 17.7 Å². The van der Waals surface area contributed by atoms with Crippen molar-refractivity contribution in [2.75, 3.05) is 20.2 Å². The summed E-state index contributed by atoms with van der Waals surface area (Å²) in [4.78, 5) is 10.5. The van der Waals surface area contributed by atoms with Gasteiger partial charge in [0.25, 0.3) is 0 Å². The summed E-state index contributed by atoms with van der Waals surface area (Å²) in [6.45, 7) is 2.97. The van der Waals surface area contributed by atoms with Crippen molar-refractivity contribution >= 4 is 5.91 Å². The van der Waals surface area contributed by atoms with E-state index < -0.39 is 0 Å². The smallest absolute Gasteiger partial charge is 0.231 e. The highest BCUT2D eigenvalue weighted by Gasteiger charge is 2.02. The van der Waals surface area contributed by atoms with E-state index in [1.165, 1.54) is 5.56 Å². The summed E-state index contributed by atoms with van der Waals surface area (Å²) in [7, 11) is 1.66. The fourth-order valence-corrected chi connectivity index (χ4v) is 1.54. The Morgan fingerprint density at radius 3 is 2.88 bits per heavy atom. The lowest BCUT2D eigenvalue weighted by Gasteiger charge is -2.09. The number of hydrogen-bond donors (Lipinski definition) is 2. The first-order valence-electron chi connectivity index (χ1n) is 5.26. The first-order chi connectivity index (χ1) is 7.63. The first kappa shape index (κ1) is 12.5. The van der Waals surface area contributed by atoms with E-state index in [4.69, 9.17) is 10.5 Å². The van der Waals surface area contributed by atoms with Crippen LogP contribution in [0.1, 0.15) is 11.1 Å². The molecule has 0 atom stereocenters. The Labute approximate surface area is 95.8 Å². The molecule has 16 heavy (non-hydrogen) atoms. The molecule has 0 saturated carbocycles. The van der Waals surface area contributed by atoms with Gasteiger partial charge in [-0.1, -0.05) is 17.7 Å². The molecular formula is C12H18N2O2. The van der Waals surface area contributed by atoms with Crippen molar-refractivity contribution in [2.24, 2.45) is 5.73 Å². The topological polar surface area (TPSA) is 64.3 Å². The van der Waals surface area contributed by atoms with E-state index in [-0.39, 0.29) is 12.5 Å². The van der Waals surface area contributed by atoms with E-state index >= 15 is 0 Å². The number of carbonyl (C=O) groups excluding carboxylic acids is 1. The molecule has 88 valence electrons. The number of aryl methyl sites for hydroxylation is 1. The Bertz CT molecular complexity index is 364. The monoisotopic (exact) mass is 222 g/mol. The van der Waals surface area contributed by atoms with Gasteiger partial charge in [0.15, 0.2) is 0 Å². The van der Waals surface area contributed by atoms with E-state index in [0.29, 0.717) is 6.54 Å². The number of ether oxygens (including phenoxy) is 1. The number of primary amides is 1. The van der Waals surface area contributed by atoms with Crippen LogP contribution in [0.15, 0.2) is 18.2 Å². The van der Waals surface area contributed by atoms with Crippen LogP contribution in [0.4, 0.5) is 0 Å². The van der Waals surface area contributed by atoms with Crippen molar-refractivity contribution in [3.8, 4) is 5.75 Å². The number of benzene rings is 1. The van der Waals surface area contributed by atoms with Crippen LogP contribution in [-0.4, -0.2) is 26.1 Å². The second-order valence-corrected chi connectivity index (χ2v) is 3.71. The van der Waals surface area contributed by atoms with Gasteiger partial charge in [0.1, 0.15) is 5.75 Å². The molecule has 1 amide bonds. The van der Waals surface area contributed by atoms with Gasteiger partial charge in [0.2, 0.25) is 5.91 Å². The number of nitrogens with one attached hydrogen (secondary N) is 1. The van der Waals surface area contributed by atoms with Crippen LogP contribution in [-0.2, 0) is 11.2 Å². The average molecular weight is 222 g/mol. The quantitative estimate of drug-likeness (QED) is 0.693. The molecule has 3 N–H and O–H groups in total. The van der Waals surface area contributed by atoms with Gasteiger partial charge in [-0.05, 0) is 31.5 Å². The Morgan fingerprint density at radius 1 is 1.50 bits per heavy atom. The molecule has 0 unspecified atom stereocenters. The molecule has 0 bridgehead atoms. The molecule has 0 spiro atoms. The zero-order chi connectivity index (χ0) is 12.0. The predicted molar refractivity (Wildman–Crippen MR) is 63.5 cm³/mol. The van der Waals surface area contributed by atoms with Crippen LogP contribution in [0.2, 0.25) is 0 Å². The van der Waals surface area contributed by atoms with Gasteiger partial charge in [-0.3, -0.25) is 4.79 Å². The summed E-state index contributed by atoms with van der Waals surface area (Å²) in [6.07, 6.45) is 0.818. The minimum absolute atomic E-state index is 0.216. The Balaban J connectivity index is 2.51. The molecule has 1 rings (SSSR count). The maximum atomic E-state index is 10.5. The van der Waals surface area contributed by atoms with Gasteiger partial charge < -0.3 is 15.8 Å². The summed E-state index contributed by atoms with van der Waals surface area (Å²) in [5.41, 5.74) is 7.36. The third kappa shape index (κ3) is 3.90. The van der Waals surface area contributed by atoms with E-state index in [1.807, 2.05) is 19.1 Å². The van der Waals surface area contributed by atoms with Crippen molar-refractivity contribution in [2.45, 2.75) is 13.3 Å². The fourth-order valence-electron chi connectivity index (χ4n) is 1.54. The van der Waals surface area contributed by atoms with Crippen molar-refractivity contribution in [1.82, 2.24) is 5.32 Å². The minimum Gasteiger partial charge on any atom is -0.496 e. The molecule has 4 heteroatoms. The van der Waals surface area contributed by atoms with Crippen LogP contribution < -0.4 is 15.8 Å². The molecule has 0 aromatic heterocycles. The van der Waals surface area contributed by atoms with Crippen LogP contribution in [0.5, 0.6) is 5.75 Å². The van der Waals surface area contributed by atoms with Gasteiger partial charge in [-0.15, -0.1) is 0 Å². The first-order valence-corrected chi connectivity index (χ1v) is 5.26. The van der Waals surface area contributed by atoms with Crippen LogP contribution >= 0.6 is 0 Å². The summed E-state index contributed by atoms with van der Waals surface area (Å²) < 4.78 is 5.26. The predicted octanol–water partition coefficient (Wildman–Crippen LogP) is 0.621. The van der Waals surface area contributed by atoms with Crippen molar-refractivity contribution in [1.29, 1.82) is 0 Å². The summed E-state index contributed by atoms with van der Waals surface area (Å²) in [5.74, 6) is 0.544. The number of rotatable bonds is 6. The maximum Gasteiger partial charge on any atom is 0.231 e. The highest BCUT2D eigenvalue weighted by molar-refractivity contribution is 5.75. The van der Waals surface area contributed by atoms with Crippen LogP contribution in [0, 0.1) is 6.92 Å². The lowest BCUT2D eigenvalue weighted by Crippen LogP contribution is -2.29. The third-order valence-electron chi connectivity index (χ3n) is 2.31. The Morgan fingerprint density at radius 2 is 2.25 bits per heavy atom. The Hall–Kier alpha value is -1.55. The zero-order valence-electron chi connectivity index (χ0n) is 9.75. The van der Waals surface area contributed by atoms with Gasteiger partial charge >= 0.3 is 0 Å². The molecule has 0 saturated heterocycles. The van der Waals surface area contributed by atoms with E-state index in [9.17, 15) is 4.79 Å². The number of methoxy groups -OCH3 is 1. The average Bonchev–Trinajstić information content (AvgIpc) is 2.24. The molecular weight excluding hydrogens is 204 g/mol. The minimum atomic E-state index is -0.337. The second kappa shape index (κ2) is 6.12. The summed E-state index contributed by atoms with van der Waals surface area (Å²) >= 11 is 0. The van der Waals surface area contributed by atoms with Gasteiger partial charge in [0.05, 0.1) is 13.7 Å². The van der Waals surface area contributed by atoms with E-state index in [1.54, 1.807) is 7.11 Å². The number of nitrogens with two attached hydrogens (primary N) is 1. The highest BCUT2D eigenvalue weighted by atomic mass is 16.5. The second-order valence-electron chi connectivity index (χ2n) is 3.71.